The van der Waals surface area contributed by atoms with E-state index in [2.05, 4.69) is 75.8 Å². The Morgan fingerprint density at radius 2 is 1.21 bits per heavy atom. The van der Waals surface area contributed by atoms with Crippen LogP contribution in [-0.2, 0) is 20.1 Å². The molecule has 43 heavy (non-hydrogen) atoms. The molecule has 4 heteroatoms. The molecule has 1 radical (unpaired) electrons. The van der Waals surface area contributed by atoms with Crippen molar-refractivity contribution in [3.8, 4) is 22.5 Å². The summed E-state index contributed by atoms with van der Waals surface area (Å²) in [5, 5.41) is 6.51. The van der Waals surface area contributed by atoms with Gasteiger partial charge in [0.1, 0.15) is 0 Å². The molecule has 2 heterocycles. The van der Waals surface area contributed by atoms with E-state index < -0.39 is 27.0 Å². The summed E-state index contributed by atoms with van der Waals surface area (Å²) < 4.78 is 48.0. The monoisotopic (exact) mass is 803 g/mol. The molecule has 0 aliphatic heterocycles. The maximum absolute atomic E-state index is 7.83. The van der Waals surface area contributed by atoms with E-state index in [4.69, 9.17) is 8.22 Å². The van der Waals surface area contributed by atoms with Crippen LogP contribution in [0.3, 0.4) is 0 Å². The van der Waals surface area contributed by atoms with Crippen LogP contribution in [0.4, 0.5) is 0 Å². The zero-order valence-corrected chi connectivity index (χ0v) is 28.7. The third kappa shape index (κ3) is 6.50. The molecule has 0 fully saturated rings. The number of hydrogen-bond acceptors (Lipinski definition) is 2. The molecule has 7 rings (SSSR count). The number of aromatic nitrogens is 2. The van der Waals surface area contributed by atoms with Crippen molar-refractivity contribution in [1.82, 2.24) is 9.97 Å². The fraction of sp³-hybridized carbons (Fsp3) is 0.128. The third-order valence-corrected chi connectivity index (χ3v) is 11.7. The van der Waals surface area contributed by atoms with Crippen molar-refractivity contribution in [2.45, 2.75) is 31.0 Å². The fourth-order valence-electron chi connectivity index (χ4n) is 5.14. The number of aryl methyl sites for hydroxylation is 2. The van der Waals surface area contributed by atoms with Crippen LogP contribution in [0.2, 0.25) is 17.3 Å². The Bertz CT molecular complexity index is 2210. The minimum absolute atomic E-state index is 0. The van der Waals surface area contributed by atoms with Crippen molar-refractivity contribution in [3.63, 3.8) is 0 Å². The van der Waals surface area contributed by atoms with Crippen molar-refractivity contribution < 1.29 is 28.3 Å². The molecule has 5 aromatic carbocycles. The predicted octanol–water partition coefficient (Wildman–Crippen LogP) is 9.72. The predicted molar refractivity (Wildman–Crippen MR) is 182 cm³/mol. The molecular formula is C39H34GeIrN2-2. The molecule has 0 saturated heterocycles. The van der Waals surface area contributed by atoms with E-state index in [-0.39, 0.29) is 31.2 Å². The Balaban J connectivity index is 0.000000233. The van der Waals surface area contributed by atoms with Crippen LogP contribution in [-0.4, -0.2) is 23.2 Å². The van der Waals surface area contributed by atoms with E-state index >= 15 is 0 Å². The Morgan fingerprint density at radius 1 is 0.581 bits per heavy atom. The molecule has 0 atom stereocenters. The van der Waals surface area contributed by atoms with Crippen molar-refractivity contribution >= 4 is 50.0 Å². The van der Waals surface area contributed by atoms with Gasteiger partial charge in [0.05, 0.1) is 0 Å². The van der Waals surface area contributed by atoms with Gasteiger partial charge in [0.2, 0.25) is 0 Å². The van der Waals surface area contributed by atoms with Gasteiger partial charge >= 0.3 is 99.8 Å². The van der Waals surface area contributed by atoms with E-state index in [0.29, 0.717) is 11.3 Å². The third-order valence-electron chi connectivity index (χ3n) is 7.47. The molecule has 0 N–H and O–H groups in total. The van der Waals surface area contributed by atoms with Gasteiger partial charge in [-0.2, -0.15) is 0 Å². The van der Waals surface area contributed by atoms with Gasteiger partial charge in [-0.05, 0) is 41.1 Å². The zero-order chi connectivity index (χ0) is 34.3. The second-order valence-electron chi connectivity index (χ2n) is 11.3. The molecule has 0 aliphatic carbocycles. The summed E-state index contributed by atoms with van der Waals surface area (Å²) in [5.41, 5.74) is 2.60. The van der Waals surface area contributed by atoms with E-state index in [0.717, 1.165) is 49.8 Å². The maximum Gasteiger partial charge on any atom is 0 e. The first kappa shape index (κ1) is 23.8. The van der Waals surface area contributed by atoms with Gasteiger partial charge in [0.15, 0.2) is 0 Å². The molecule has 0 bridgehead atoms. The molecule has 2 aromatic heterocycles. The maximum atomic E-state index is 7.83. The molecule has 0 saturated carbocycles. The summed E-state index contributed by atoms with van der Waals surface area (Å²) in [6, 6.07) is 40.3. The van der Waals surface area contributed by atoms with Gasteiger partial charge in [0.25, 0.3) is 0 Å². The van der Waals surface area contributed by atoms with Crippen molar-refractivity contribution in [2.24, 2.45) is 0 Å². The zero-order valence-electron chi connectivity index (χ0n) is 30.2. The summed E-state index contributed by atoms with van der Waals surface area (Å²) in [4.78, 5) is 8.83. The average Bonchev–Trinajstić information content (AvgIpc) is 3.07. The van der Waals surface area contributed by atoms with Crippen LogP contribution in [0, 0.1) is 25.8 Å². The first-order valence-corrected chi connectivity index (χ1v) is 21.3. The summed E-state index contributed by atoms with van der Waals surface area (Å²) in [7, 11) is 0. The molecular weight excluding hydrogens is 761 g/mol. The summed E-state index contributed by atoms with van der Waals surface area (Å²) in [6.07, 6.45) is 3.19. The minimum Gasteiger partial charge on any atom is 0 e. The van der Waals surface area contributed by atoms with Crippen LogP contribution in [0.1, 0.15) is 19.4 Å². The standard InChI is InChI=1S/C25H18N.C14H16GeN.Ir/c1-16-13-25(26-15-17(16)2)18-11-12-23-21-9-4-3-7-19(21)20-8-5-6-10-22(20)24(23)14-18;1-15(2,3)13-9-10-14(16-11-13)12-7-5-4-6-8-12;/h3-10,12-15H,1-2H3;4-7,9-11H,1-3H3;/q2*-1;/i1D3,2D3;;. The molecule has 0 spiro atoms. The average molecular weight is 802 g/mol. The number of rotatable bonds is 3. The Labute approximate surface area is 279 Å². The SMILES string of the molecule is [2H]C([2H])([2H])c1cnc(-c2[c-]cc3c4ccccc4c4ccccc4c3c2)cc1C([2H])([2H])[2H].[CH3][Ge]([CH3])([CH3])[c]1ccc(-c2[c-]cccc2)nc1.[Ir]. The van der Waals surface area contributed by atoms with Crippen LogP contribution in [0.25, 0.3) is 54.8 Å². The van der Waals surface area contributed by atoms with Gasteiger partial charge in [0, 0.05) is 34.5 Å². The number of nitrogens with zero attached hydrogens (tertiary/aromatic N) is 2. The van der Waals surface area contributed by atoms with Crippen LogP contribution in [0.5, 0.6) is 0 Å². The second kappa shape index (κ2) is 12.9. The van der Waals surface area contributed by atoms with Gasteiger partial charge in [-0.3, -0.25) is 0 Å². The Hall–Kier alpha value is -3.63. The Kier molecular flexibility index (Phi) is 7.15. The summed E-state index contributed by atoms with van der Waals surface area (Å²) >= 11 is -1.72. The van der Waals surface area contributed by atoms with E-state index in [1.165, 1.54) is 10.5 Å². The Morgan fingerprint density at radius 3 is 1.79 bits per heavy atom. The molecule has 7 aromatic rings. The molecule has 2 nitrogen and oxygen atoms in total. The normalized spacial score (nSPS) is 13.8. The van der Waals surface area contributed by atoms with E-state index in [1.54, 1.807) is 0 Å². The summed E-state index contributed by atoms with van der Waals surface area (Å²) in [5.74, 6) is 7.14. The van der Waals surface area contributed by atoms with Gasteiger partial charge in [-0.1, -0.05) is 76.3 Å². The second-order valence-corrected chi connectivity index (χ2v) is 22.0. The number of benzene rings is 5. The minimum atomic E-state index is -2.57. The number of pyridine rings is 2. The van der Waals surface area contributed by atoms with Crippen LogP contribution < -0.4 is 4.40 Å². The molecule has 215 valence electrons. The molecule has 0 amide bonds. The first-order chi connectivity index (χ1) is 22.7. The smallest absolute Gasteiger partial charge is 0 e. The largest absolute Gasteiger partial charge is 0 e. The van der Waals surface area contributed by atoms with Gasteiger partial charge < -0.3 is 4.98 Å². The van der Waals surface area contributed by atoms with Gasteiger partial charge in [-0.25, -0.2) is 0 Å². The molecule has 0 aliphatic rings. The first-order valence-electron chi connectivity index (χ1n) is 16.9. The van der Waals surface area contributed by atoms with Crippen LogP contribution >= 0.6 is 0 Å². The van der Waals surface area contributed by atoms with Crippen molar-refractivity contribution in [3.05, 3.63) is 139 Å². The topological polar surface area (TPSA) is 25.8 Å². The molecule has 0 unspecified atom stereocenters. The quantitative estimate of drug-likeness (QED) is 0.101. The van der Waals surface area contributed by atoms with E-state index in [1.807, 2.05) is 66.9 Å². The fourth-order valence-corrected chi connectivity index (χ4v) is 7.31. The number of hydrogen-bond donors (Lipinski definition) is 0. The summed E-state index contributed by atoms with van der Waals surface area (Å²) in [6.45, 7) is -5.13. The van der Waals surface area contributed by atoms with Crippen molar-refractivity contribution in [2.75, 3.05) is 0 Å². The van der Waals surface area contributed by atoms with E-state index in [9.17, 15) is 0 Å². The van der Waals surface area contributed by atoms with Crippen molar-refractivity contribution in [1.29, 1.82) is 0 Å². The van der Waals surface area contributed by atoms with Gasteiger partial charge in [-0.15, -0.1) is 23.8 Å². The number of fused-ring (bicyclic) bond motifs is 6. The van der Waals surface area contributed by atoms with Crippen LogP contribution in [0.15, 0.2) is 116 Å².